The van der Waals surface area contributed by atoms with Crippen LogP contribution in [0.2, 0.25) is 0 Å². The van der Waals surface area contributed by atoms with Crippen molar-refractivity contribution < 1.29 is 4.39 Å². The third kappa shape index (κ3) is 3.58. The molecule has 0 bridgehead atoms. The Morgan fingerprint density at radius 3 is 2.62 bits per heavy atom. The number of aryl methyl sites for hydroxylation is 1. The van der Waals surface area contributed by atoms with Crippen LogP contribution in [0.4, 0.5) is 4.39 Å². The summed E-state index contributed by atoms with van der Waals surface area (Å²) in [5.41, 5.74) is 2.07. The maximum absolute atomic E-state index is 14.3. The highest BCUT2D eigenvalue weighted by Crippen LogP contribution is 2.25. The minimum absolute atomic E-state index is 0.185. The van der Waals surface area contributed by atoms with E-state index in [4.69, 9.17) is 0 Å². The van der Waals surface area contributed by atoms with Gasteiger partial charge in [-0.05, 0) is 48.9 Å². The lowest BCUT2D eigenvalue weighted by atomic mass is 10.2. The van der Waals surface area contributed by atoms with E-state index in [1.807, 2.05) is 12.1 Å². The first-order chi connectivity index (χ1) is 15.5. The van der Waals surface area contributed by atoms with Gasteiger partial charge in [-0.2, -0.15) is 0 Å². The Morgan fingerprint density at radius 1 is 0.969 bits per heavy atom. The van der Waals surface area contributed by atoms with Crippen molar-refractivity contribution in [2.24, 2.45) is 0 Å². The van der Waals surface area contributed by atoms with Crippen molar-refractivity contribution in [2.75, 3.05) is 0 Å². The van der Waals surface area contributed by atoms with Gasteiger partial charge in [0.1, 0.15) is 11.5 Å². The molecule has 6 nitrogen and oxygen atoms in total. The summed E-state index contributed by atoms with van der Waals surface area (Å²) in [5, 5.41) is 0.840. The van der Waals surface area contributed by atoms with Gasteiger partial charge in [-0.15, -0.1) is 0 Å². The first kappa shape index (κ1) is 20.1. The van der Waals surface area contributed by atoms with Crippen molar-refractivity contribution in [3.63, 3.8) is 0 Å². The Kier molecular flexibility index (Phi) is 5.07. The minimum Gasteiger partial charge on any atom is -0.269 e. The van der Waals surface area contributed by atoms with E-state index in [0.29, 0.717) is 44.4 Å². The number of rotatable bonds is 4. The van der Waals surface area contributed by atoms with Crippen molar-refractivity contribution in [1.29, 1.82) is 0 Å². The van der Waals surface area contributed by atoms with Crippen LogP contribution < -0.4 is 11.1 Å². The molecule has 0 aliphatic heterocycles. The number of halogens is 1. The molecule has 0 N–H and O–H groups in total. The molecular weight excluding hydrogens is 427 g/mol. The fourth-order valence-electron chi connectivity index (χ4n) is 3.47. The van der Waals surface area contributed by atoms with Crippen LogP contribution in [0, 0.1) is 12.7 Å². The summed E-state index contributed by atoms with van der Waals surface area (Å²) in [6.07, 6.45) is 1.66. The molecule has 158 valence electrons. The third-order valence-corrected chi connectivity index (χ3v) is 6.10. The van der Waals surface area contributed by atoms with Crippen molar-refractivity contribution in [2.45, 2.75) is 17.8 Å². The Bertz CT molecular complexity index is 1610. The predicted octanol–water partition coefficient (Wildman–Crippen LogP) is 4.13. The van der Waals surface area contributed by atoms with Gasteiger partial charge in [-0.3, -0.25) is 18.6 Å². The van der Waals surface area contributed by atoms with E-state index < -0.39 is 5.82 Å². The molecule has 5 aromatic rings. The molecule has 0 unspecified atom stereocenters. The van der Waals surface area contributed by atoms with Crippen LogP contribution in [0.5, 0.6) is 0 Å². The maximum Gasteiger partial charge on any atom is 0.266 e. The zero-order valence-electron chi connectivity index (χ0n) is 17.0. The number of hydrogen-bond acceptors (Lipinski definition) is 5. The highest BCUT2D eigenvalue weighted by molar-refractivity contribution is 7.98. The molecule has 2 aromatic carbocycles. The van der Waals surface area contributed by atoms with Gasteiger partial charge in [0, 0.05) is 18.0 Å². The third-order valence-electron chi connectivity index (χ3n) is 5.13. The van der Waals surface area contributed by atoms with Gasteiger partial charge in [0.2, 0.25) is 0 Å². The van der Waals surface area contributed by atoms with Gasteiger partial charge in [0.25, 0.3) is 11.1 Å². The summed E-state index contributed by atoms with van der Waals surface area (Å²) in [5.74, 6) is -0.0810. The Morgan fingerprint density at radius 2 is 1.78 bits per heavy atom. The molecule has 32 heavy (non-hydrogen) atoms. The van der Waals surface area contributed by atoms with Crippen LogP contribution in [0.3, 0.4) is 0 Å². The van der Waals surface area contributed by atoms with E-state index in [1.165, 1.54) is 32.9 Å². The zero-order chi connectivity index (χ0) is 22.2. The van der Waals surface area contributed by atoms with Crippen LogP contribution in [-0.2, 0) is 5.75 Å². The number of thioether (sulfide) groups is 1. The number of nitrogens with zero attached hydrogens (tertiary/aromatic N) is 4. The number of pyridine rings is 1. The van der Waals surface area contributed by atoms with Crippen LogP contribution in [0.15, 0.2) is 87.7 Å². The van der Waals surface area contributed by atoms with Gasteiger partial charge in [-0.25, -0.2) is 14.4 Å². The molecular formula is C24H17FN4O2S. The summed E-state index contributed by atoms with van der Waals surface area (Å²) >= 11 is 1.27. The summed E-state index contributed by atoms with van der Waals surface area (Å²) in [6, 6.07) is 18.5. The predicted molar refractivity (Wildman–Crippen MR) is 123 cm³/mol. The Hall–Kier alpha value is -3.78. The Labute approximate surface area is 186 Å². The second-order valence-electron chi connectivity index (χ2n) is 7.29. The number of hydrogen-bond donors (Lipinski definition) is 0. The van der Waals surface area contributed by atoms with Gasteiger partial charge < -0.3 is 0 Å². The van der Waals surface area contributed by atoms with Gasteiger partial charge in [-0.1, -0.05) is 36.0 Å². The number of fused-ring (bicyclic) bond motifs is 2. The molecule has 0 atom stereocenters. The summed E-state index contributed by atoms with van der Waals surface area (Å²) in [6.45, 7) is 1.67. The molecule has 5 rings (SSSR count). The quantitative estimate of drug-likeness (QED) is 0.308. The van der Waals surface area contributed by atoms with Crippen molar-refractivity contribution in [3.05, 3.63) is 111 Å². The van der Waals surface area contributed by atoms with Crippen molar-refractivity contribution in [1.82, 2.24) is 18.9 Å². The fourth-order valence-corrected chi connectivity index (χ4v) is 4.38. The standard InChI is InChI=1S/C24H17FN4O2S/c1-15-9-10-17(13-19(15)25)29-23(31)18-6-2-3-7-20(18)27-24(29)32-14-16-12-22(30)28-11-5-4-8-21(28)26-16/h2-13H,14H2,1H3. The SMILES string of the molecule is Cc1ccc(-n2c(SCc3cc(=O)n4ccccc4n3)nc3ccccc3c2=O)cc1F. The maximum atomic E-state index is 14.3. The van der Waals surface area contributed by atoms with E-state index in [2.05, 4.69) is 9.97 Å². The highest BCUT2D eigenvalue weighted by Gasteiger charge is 2.15. The monoisotopic (exact) mass is 444 g/mol. The van der Waals surface area contributed by atoms with Crippen LogP contribution >= 0.6 is 11.8 Å². The fraction of sp³-hybridized carbons (Fsp3) is 0.0833. The van der Waals surface area contributed by atoms with E-state index in [1.54, 1.807) is 55.6 Å². The first-order valence-corrected chi connectivity index (χ1v) is 10.9. The van der Waals surface area contributed by atoms with Gasteiger partial charge in [0.05, 0.1) is 22.3 Å². The van der Waals surface area contributed by atoms with Crippen molar-refractivity contribution >= 4 is 28.3 Å². The summed E-state index contributed by atoms with van der Waals surface area (Å²) < 4.78 is 17.2. The molecule has 0 radical (unpaired) electrons. The van der Waals surface area contributed by atoms with Gasteiger partial charge >= 0.3 is 0 Å². The molecule has 0 aliphatic carbocycles. The second kappa shape index (κ2) is 8.05. The zero-order valence-corrected chi connectivity index (χ0v) is 17.8. The summed E-state index contributed by atoms with van der Waals surface area (Å²) in [4.78, 5) is 34.9. The normalized spacial score (nSPS) is 11.3. The highest BCUT2D eigenvalue weighted by atomic mass is 32.2. The van der Waals surface area contributed by atoms with Crippen LogP contribution in [0.1, 0.15) is 11.3 Å². The Balaban J connectivity index is 1.62. The average Bonchev–Trinajstić information content (AvgIpc) is 2.80. The first-order valence-electron chi connectivity index (χ1n) is 9.90. The number of benzene rings is 2. The average molecular weight is 444 g/mol. The lowest BCUT2D eigenvalue weighted by Gasteiger charge is -2.14. The molecule has 0 saturated heterocycles. The number of para-hydroxylation sites is 1. The smallest absolute Gasteiger partial charge is 0.266 e. The van der Waals surface area contributed by atoms with Crippen LogP contribution in [0.25, 0.3) is 22.2 Å². The number of aromatic nitrogens is 4. The topological polar surface area (TPSA) is 69.3 Å². The molecule has 0 aliphatic rings. The van der Waals surface area contributed by atoms with Crippen LogP contribution in [-0.4, -0.2) is 18.9 Å². The lowest BCUT2D eigenvalue weighted by molar-refractivity contribution is 0.615. The molecule has 3 heterocycles. The van der Waals surface area contributed by atoms with E-state index >= 15 is 0 Å². The van der Waals surface area contributed by atoms with E-state index in [0.717, 1.165) is 0 Å². The molecule has 8 heteroatoms. The van der Waals surface area contributed by atoms with E-state index in [9.17, 15) is 14.0 Å². The molecule has 0 spiro atoms. The lowest BCUT2D eigenvalue weighted by Crippen LogP contribution is -2.22. The molecule has 0 saturated carbocycles. The van der Waals surface area contributed by atoms with Crippen molar-refractivity contribution in [3.8, 4) is 5.69 Å². The largest absolute Gasteiger partial charge is 0.269 e. The van der Waals surface area contributed by atoms with Gasteiger partial charge in [0.15, 0.2) is 5.16 Å². The van der Waals surface area contributed by atoms with E-state index in [-0.39, 0.29) is 11.1 Å². The molecule has 3 aromatic heterocycles. The minimum atomic E-state index is -0.400. The molecule has 0 fully saturated rings. The second-order valence-corrected chi connectivity index (χ2v) is 8.23. The molecule has 0 amide bonds. The summed E-state index contributed by atoms with van der Waals surface area (Å²) in [7, 11) is 0.